The minimum Gasteiger partial charge on any atom is -0.462 e. The molecule has 1 aliphatic heterocycles. The first-order valence-electron chi connectivity index (χ1n) is 9.85. The molecular formula is C23H24BrN2O2+. The molecule has 1 fully saturated rings. The van der Waals surface area contributed by atoms with Crippen LogP contribution in [0.2, 0.25) is 0 Å². The Bertz CT molecular complexity index is 998. The van der Waals surface area contributed by atoms with Crippen LogP contribution >= 0.6 is 15.9 Å². The average Bonchev–Trinajstić information content (AvgIpc) is 2.74. The lowest BCUT2D eigenvalue weighted by Crippen LogP contribution is -2.36. The molecule has 1 aromatic heterocycles. The van der Waals surface area contributed by atoms with Crippen LogP contribution in [0.15, 0.2) is 53.0 Å². The number of hydrogen-bond acceptors (Lipinski definition) is 3. The summed E-state index contributed by atoms with van der Waals surface area (Å²) in [7, 11) is 0. The number of rotatable bonds is 4. The molecule has 0 radical (unpaired) electrons. The molecule has 0 bridgehead atoms. The van der Waals surface area contributed by atoms with Crippen LogP contribution in [-0.4, -0.2) is 25.7 Å². The second-order valence-corrected chi connectivity index (χ2v) is 7.96. The Morgan fingerprint density at radius 3 is 2.57 bits per heavy atom. The molecule has 4 nitrogen and oxygen atoms in total. The maximum Gasteiger partial charge on any atom is 0.347 e. The molecule has 144 valence electrons. The summed E-state index contributed by atoms with van der Waals surface area (Å²) >= 11 is 3.59. The Kier molecular flexibility index (Phi) is 5.62. The average molecular weight is 440 g/mol. The number of carbonyl (C=O) groups excluding carboxylic acids is 1. The van der Waals surface area contributed by atoms with Crippen molar-refractivity contribution in [3.63, 3.8) is 0 Å². The van der Waals surface area contributed by atoms with E-state index in [1.54, 1.807) is 0 Å². The Balaban J connectivity index is 2.06. The third-order valence-corrected chi connectivity index (χ3v) is 5.70. The number of pyridine rings is 1. The highest BCUT2D eigenvalue weighted by Gasteiger charge is 2.32. The molecule has 0 amide bonds. The number of aromatic amines is 1. The first kappa shape index (κ1) is 18.9. The van der Waals surface area contributed by atoms with Gasteiger partial charge in [-0.3, -0.25) is 4.90 Å². The predicted octanol–water partition coefficient (Wildman–Crippen LogP) is 5.25. The highest BCUT2D eigenvalue weighted by atomic mass is 79.9. The van der Waals surface area contributed by atoms with Crippen LogP contribution < -0.4 is 9.88 Å². The van der Waals surface area contributed by atoms with E-state index >= 15 is 0 Å². The summed E-state index contributed by atoms with van der Waals surface area (Å²) in [4.78, 5) is 19.0. The van der Waals surface area contributed by atoms with Gasteiger partial charge in [0.25, 0.3) is 5.82 Å². The number of hydrogen-bond donors (Lipinski definition) is 0. The number of anilines is 1. The molecule has 5 heteroatoms. The van der Waals surface area contributed by atoms with Gasteiger partial charge in [0, 0.05) is 15.4 Å². The molecule has 0 aliphatic carbocycles. The topological polar surface area (TPSA) is 43.7 Å². The molecule has 2 aromatic carbocycles. The van der Waals surface area contributed by atoms with Crippen LogP contribution in [-0.2, 0) is 4.74 Å². The van der Waals surface area contributed by atoms with Crippen LogP contribution in [0.4, 0.5) is 5.82 Å². The van der Waals surface area contributed by atoms with Crippen molar-refractivity contribution in [2.45, 2.75) is 26.2 Å². The molecular weight excluding hydrogens is 416 g/mol. The summed E-state index contributed by atoms with van der Waals surface area (Å²) in [5.41, 5.74) is 3.58. The fraction of sp³-hybridized carbons (Fsp3) is 0.304. The zero-order valence-electron chi connectivity index (χ0n) is 16.0. The number of carbonyl (C=O) groups is 1. The van der Waals surface area contributed by atoms with Gasteiger partial charge in [-0.2, -0.15) is 0 Å². The number of nitrogens with zero attached hydrogens (tertiary/aromatic N) is 1. The number of halogens is 1. The number of H-pyrrole nitrogens is 1. The molecule has 0 spiro atoms. The van der Waals surface area contributed by atoms with Gasteiger partial charge in [0.2, 0.25) is 0 Å². The molecule has 0 saturated carbocycles. The maximum absolute atomic E-state index is 13.2. The SMILES string of the molecule is CCOC(=O)c1c(N2CCCCC2)[nH+]c2ccc(Br)cc2c1-c1ccccc1. The van der Waals surface area contributed by atoms with Gasteiger partial charge in [0.1, 0.15) is 5.52 Å². The molecule has 1 aliphatic rings. The van der Waals surface area contributed by atoms with Gasteiger partial charge >= 0.3 is 5.97 Å². The van der Waals surface area contributed by atoms with Crippen molar-refractivity contribution in [3.8, 4) is 11.1 Å². The third-order valence-electron chi connectivity index (χ3n) is 5.21. The Labute approximate surface area is 173 Å². The summed E-state index contributed by atoms with van der Waals surface area (Å²) in [6.45, 7) is 4.09. The highest BCUT2D eigenvalue weighted by Crippen LogP contribution is 2.37. The minimum absolute atomic E-state index is 0.278. The van der Waals surface area contributed by atoms with Gasteiger partial charge in [0.15, 0.2) is 5.56 Å². The first-order valence-corrected chi connectivity index (χ1v) is 10.6. The number of benzene rings is 2. The summed E-state index contributed by atoms with van der Waals surface area (Å²) < 4.78 is 6.48. The minimum atomic E-state index is -0.278. The summed E-state index contributed by atoms with van der Waals surface area (Å²) in [5.74, 6) is 0.590. The van der Waals surface area contributed by atoms with Crippen molar-refractivity contribution in [2.24, 2.45) is 0 Å². The van der Waals surface area contributed by atoms with Gasteiger partial charge in [-0.1, -0.05) is 46.3 Å². The molecule has 1 N–H and O–H groups in total. The van der Waals surface area contributed by atoms with E-state index in [2.05, 4.69) is 50.1 Å². The van der Waals surface area contributed by atoms with Crippen molar-refractivity contribution < 1.29 is 14.5 Å². The van der Waals surface area contributed by atoms with Crippen molar-refractivity contribution in [1.82, 2.24) is 0 Å². The Morgan fingerprint density at radius 2 is 1.86 bits per heavy atom. The zero-order chi connectivity index (χ0) is 19.5. The van der Waals surface area contributed by atoms with Crippen LogP contribution in [0.5, 0.6) is 0 Å². The van der Waals surface area contributed by atoms with Crippen molar-refractivity contribution in [1.29, 1.82) is 0 Å². The van der Waals surface area contributed by atoms with E-state index in [1.807, 2.05) is 31.2 Å². The van der Waals surface area contributed by atoms with Gasteiger partial charge in [0.05, 0.1) is 19.7 Å². The zero-order valence-corrected chi connectivity index (χ0v) is 17.6. The molecule has 0 unspecified atom stereocenters. The lowest BCUT2D eigenvalue weighted by atomic mass is 9.95. The number of fused-ring (bicyclic) bond motifs is 1. The largest absolute Gasteiger partial charge is 0.462 e. The number of aromatic nitrogens is 1. The van der Waals surface area contributed by atoms with E-state index in [9.17, 15) is 4.79 Å². The second-order valence-electron chi connectivity index (χ2n) is 7.05. The fourth-order valence-electron chi connectivity index (χ4n) is 3.94. The van der Waals surface area contributed by atoms with Crippen molar-refractivity contribution in [3.05, 3.63) is 58.6 Å². The second kappa shape index (κ2) is 8.31. The quantitative estimate of drug-likeness (QED) is 0.521. The summed E-state index contributed by atoms with van der Waals surface area (Å²) in [6, 6.07) is 16.3. The lowest BCUT2D eigenvalue weighted by Gasteiger charge is -2.24. The lowest BCUT2D eigenvalue weighted by molar-refractivity contribution is -0.331. The van der Waals surface area contributed by atoms with Crippen molar-refractivity contribution >= 4 is 38.6 Å². The molecule has 2 heterocycles. The van der Waals surface area contributed by atoms with E-state index in [0.717, 1.165) is 58.3 Å². The smallest absolute Gasteiger partial charge is 0.347 e. The number of piperidine rings is 1. The van der Waals surface area contributed by atoms with Crippen LogP contribution in [0.1, 0.15) is 36.5 Å². The van der Waals surface area contributed by atoms with Crippen LogP contribution in [0.3, 0.4) is 0 Å². The Morgan fingerprint density at radius 1 is 1.11 bits per heavy atom. The Hall–Kier alpha value is -2.40. The molecule has 0 atom stereocenters. The highest BCUT2D eigenvalue weighted by molar-refractivity contribution is 9.10. The standard InChI is InChI=1S/C23H23BrN2O2/c1-2-28-23(27)21-20(16-9-5-3-6-10-16)18-15-17(24)11-12-19(18)25-22(21)26-13-7-4-8-14-26/h3,5-6,9-12,15H,2,4,7-8,13-14H2,1H3/p+1. The molecule has 28 heavy (non-hydrogen) atoms. The summed E-state index contributed by atoms with van der Waals surface area (Å²) in [6.07, 6.45) is 3.50. The molecule has 4 rings (SSSR count). The van der Waals surface area contributed by atoms with Gasteiger partial charge in [-0.05, 0) is 49.9 Å². The monoisotopic (exact) mass is 439 g/mol. The maximum atomic E-state index is 13.2. The summed E-state index contributed by atoms with van der Waals surface area (Å²) in [5, 5.41) is 1.00. The van der Waals surface area contributed by atoms with E-state index in [-0.39, 0.29) is 5.97 Å². The van der Waals surface area contributed by atoms with E-state index < -0.39 is 0 Å². The molecule has 3 aromatic rings. The van der Waals surface area contributed by atoms with Gasteiger partial charge in [-0.25, -0.2) is 9.78 Å². The van der Waals surface area contributed by atoms with E-state index in [0.29, 0.717) is 12.2 Å². The van der Waals surface area contributed by atoms with Gasteiger partial charge in [-0.15, -0.1) is 0 Å². The molecule has 1 saturated heterocycles. The first-order chi connectivity index (χ1) is 13.7. The van der Waals surface area contributed by atoms with E-state index in [4.69, 9.17) is 4.74 Å². The number of esters is 1. The van der Waals surface area contributed by atoms with Crippen LogP contribution in [0.25, 0.3) is 22.0 Å². The van der Waals surface area contributed by atoms with Crippen molar-refractivity contribution in [2.75, 3.05) is 24.6 Å². The fourth-order valence-corrected chi connectivity index (χ4v) is 4.30. The number of ether oxygens (including phenoxy) is 1. The van der Waals surface area contributed by atoms with Crippen LogP contribution in [0, 0.1) is 0 Å². The third kappa shape index (κ3) is 3.63. The van der Waals surface area contributed by atoms with Gasteiger partial charge < -0.3 is 4.74 Å². The number of nitrogens with one attached hydrogen (secondary N) is 1. The predicted molar refractivity (Wildman–Crippen MR) is 116 cm³/mol. The normalized spacial score (nSPS) is 14.3. The van der Waals surface area contributed by atoms with E-state index in [1.165, 1.54) is 6.42 Å².